The lowest BCUT2D eigenvalue weighted by molar-refractivity contribution is 0.0952. The fourth-order valence-electron chi connectivity index (χ4n) is 1.69. The number of alkyl halides is 1. The Balaban J connectivity index is 2.35. The topological polar surface area (TPSA) is 29.1 Å². The summed E-state index contributed by atoms with van der Waals surface area (Å²) in [6.45, 7) is 2.70. The molecule has 0 unspecified atom stereocenters. The van der Waals surface area contributed by atoms with Gasteiger partial charge < -0.3 is 5.32 Å². The van der Waals surface area contributed by atoms with Gasteiger partial charge in [0, 0.05) is 16.9 Å². The summed E-state index contributed by atoms with van der Waals surface area (Å²) in [5, 5.41) is 2.94. The number of hydrogen-bond acceptors (Lipinski definition) is 1. The van der Waals surface area contributed by atoms with Gasteiger partial charge in [-0.25, -0.2) is 0 Å². The number of carbonyl (C=O) groups excluding carboxylic acids is 1. The van der Waals surface area contributed by atoms with Gasteiger partial charge >= 0.3 is 0 Å². The molecule has 1 aromatic carbocycles. The maximum absolute atomic E-state index is 11.9. The first-order valence-electron chi connectivity index (χ1n) is 6.26. The molecule has 0 radical (unpaired) electrons. The fraction of sp³-hybridized carbons (Fsp3) is 0.500. The fourth-order valence-corrected chi connectivity index (χ4v) is 2.33. The number of carbonyl (C=O) groups is 1. The third kappa shape index (κ3) is 4.99. The first-order chi connectivity index (χ1) is 8.66. The molecule has 1 N–H and O–H groups in total. The van der Waals surface area contributed by atoms with E-state index in [2.05, 4.69) is 21.2 Å². The van der Waals surface area contributed by atoms with Gasteiger partial charge in [-0.1, -0.05) is 25.0 Å². The van der Waals surface area contributed by atoms with Crippen molar-refractivity contribution in [3.05, 3.63) is 33.8 Å². The highest BCUT2D eigenvalue weighted by atomic mass is 79.9. The summed E-state index contributed by atoms with van der Waals surface area (Å²) in [5.74, 6) is 0.714. The Morgan fingerprint density at radius 3 is 2.72 bits per heavy atom. The second kappa shape index (κ2) is 8.54. The second-order valence-corrected chi connectivity index (χ2v) is 5.47. The number of hydrogen-bond donors (Lipinski definition) is 1. The zero-order chi connectivity index (χ0) is 13.4. The Hall–Kier alpha value is -0.540. The molecule has 0 atom stereocenters. The molecule has 18 heavy (non-hydrogen) atoms. The van der Waals surface area contributed by atoms with Crippen LogP contribution in [0.15, 0.2) is 22.7 Å². The number of aryl methyl sites for hydroxylation is 1. The number of unbranched alkanes of at least 4 members (excludes halogenated alkanes) is 3. The maximum Gasteiger partial charge on any atom is 0.252 e. The average molecular weight is 333 g/mol. The van der Waals surface area contributed by atoms with E-state index in [0.717, 1.165) is 48.1 Å². The zero-order valence-corrected chi connectivity index (χ0v) is 13.0. The molecule has 0 fully saturated rings. The van der Waals surface area contributed by atoms with Crippen LogP contribution < -0.4 is 5.32 Å². The summed E-state index contributed by atoms with van der Waals surface area (Å²) < 4.78 is 0.879. The molecule has 0 aliphatic heterocycles. The van der Waals surface area contributed by atoms with E-state index < -0.39 is 0 Å². The average Bonchev–Trinajstić information content (AvgIpc) is 2.36. The second-order valence-electron chi connectivity index (χ2n) is 4.30. The van der Waals surface area contributed by atoms with E-state index in [9.17, 15) is 4.79 Å². The van der Waals surface area contributed by atoms with Gasteiger partial charge in [-0.2, -0.15) is 0 Å². The standard InChI is InChI=1S/C14H19BrClNO/c1-11-7-6-8-12(13(11)15)14(18)17-10-5-3-2-4-9-16/h6-8H,2-5,9-10H2,1H3,(H,17,18). The van der Waals surface area contributed by atoms with E-state index in [1.54, 1.807) is 0 Å². The number of halogens is 2. The molecule has 0 aliphatic carbocycles. The molecule has 0 saturated heterocycles. The van der Waals surface area contributed by atoms with Crippen molar-refractivity contribution in [2.75, 3.05) is 12.4 Å². The highest BCUT2D eigenvalue weighted by molar-refractivity contribution is 9.10. The number of amides is 1. The van der Waals surface area contributed by atoms with Crippen molar-refractivity contribution in [3.63, 3.8) is 0 Å². The summed E-state index contributed by atoms with van der Waals surface area (Å²) in [7, 11) is 0. The molecule has 2 nitrogen and oxygen atoms in total. The molecule has 0 saturated carbocycles. The van der Waals surface area contributed by atoms with E-state index in [4.69, 9.17) is 11.6 Å². The van der Waals surface area contributed by atoms with Crippen LogP contribution in [0, 0.1) is 6.92 Å². The van der Waals surface area contributed by atoms with E-state index in [1.807, 2.05) is 25.1 Å². The minimum absolute atomic E-state index is 0.0112. The van der Waals surface area contributed by atoms with Crippen LogP contribution in [0.3, 0.4) is 0 Å². The first-order valence-corrected chi connectivity index (χ1v) is 7.59. The smallest absolute Gasteiger partial charge is 0.252 e. The van der Waals surface area contributed by atoms with Gasteiger partial charge in [0.2, 0.25) is 0 Å². The molecule has 0 aliphatic rings. The number of benzene rings is 1. The van der Waals surface area contributed by atoms with Crippen molar-refractivity contribution in [1.82, 2.24) is 5.32 Å². The molecule has 0 heterocycles. The van der Waals surface area contributed by atoms with Crippen molar-refractivity contribution >= 4 is 33.4 Å². The van der Waals surface area contributed by atoms with Gasteiger partial charge in [0.15, 0.2) is 0 Å². The Bertz CT molecular complexity index is 395. The molecule has 0 aromatic heterocycles. The van der Waals surface area contributed by atoms with Crippen LogP contribution in [0.25, 0.3) is 0 Å². The number of rotatable bonds is 7. The highest BCUT2D eigenvalue weighted by Gasteiger charge is 2.10. The maximum atomic E-state index is 11.9. The molecule has 1 aromatic rings. The van der Waals surface area contributed by atoms with Crippen molar-refractivity contribution in [2.45, 2.75) is 32.6 Å². The molecule has 4 heteroatoms. The predicted octanol–water partition coefficient (Wildman–Crippen LogP) is 4.29. The van der Waals surface area contributed by atoms with E-state index >= 15 is 0 Å². The normalized spacial score (nSPS) is 10.4. The van der Waals surface area contributed by atoms with Crippen LogP contribution >= 0.6 is 27.5 Å². The van der Waals surface area contributed by atoms with Crippen LogP contribution in [-0.4, -0.2) is 18.3 Å². The zero-order valence-electron chi connectivity index (χ0n) is 10.6. The Labute approximate surface area is 122 Å². The van der Waals surface area contributed by atoms with E-state index in [-0.39, 0.29) is 5.91 Å². The minimum Gasteiger partial charge on any atom is -0.352 e. The van der Waals surface area contributed by atoms with Gasteiger partial charge in [-0.05, 0) is 47.3 Å². The third-order valence-electron chi connectivity index (χ3n) is 2.78. The molecule has 0 spiro atoms. The molecule has 1 amide bonds. The summed E-state index contributed by atoms with van der Waals surface area (Å²) in [5.41, 5.74) is 1.78. The van der Waals surface area contributed by atoms with Gasteiger partial charge in [-0.3, -0.25) is 4.79 Å². The Morgan fingerprint density at radius 1 is 1.28 bits per heavy atom. The molecular weight excluding hydrogens is 314 g/mol. The predicted molar refractivity (Wildman–Crippen MR) is 80.4 cm³/mol. The molecular formula is C14H19BrClNO. The molecule has 1 rings (SSSR count). The summed E-state index contributed by atoms with van der Waals surface area (Å²) >= 11 is 9.05. The van der Waals surface area contributed by atoms with Crippen LogP contribution in [0.2, 0.25) is 0 Å². The lowest BCUT2D eigenvalue weighted by Crippen LogP contribution is -2.24. The van der Waals surface area contributed by atoms with E-state index in [1.165, 1.54) is 0 Å². The number of nitrogens with one attached hydrogen (secondary N) is 1. The van der Waals surface area contributed by atoms with Crippen LogP contribution in [0.1, 0.15) is 41.6 Å². The van der Waals surface area contributed by atoms with Gasteiger partial charge in [0.1, 0.15) is 0 Å². The van der Waals surface area contributed by atoms with Crippen molar-refractivity contribution in [2.24, 2.45) is 0 Å². The largest absolute Gasteiger partial charge is 0.352 e. The van der Waals surface area contributed by atoms with Crippen LogP contribution in [0.5, 0.6) is 0 Å². The monoisotopic (exact) mass is 331 g/mol. The van der Waals surface area contributed by atoms with Gasteiger partial charge in [-0.15, -0.1) is 11.6 Å². The lowest BCUT2D eigenvalue weighted by atomic mass is 10.1. The summed E-state index contributed by atoms with van der Waals surface area (Å²) in [6, 6.07) is 5.71. The van der Waals surface area contributed by atoms with Gasteiger partial charge in [0.05, 0.1) is 5.56 Å². The lowest BCUT2D eigenvalue weighted by Gasteiger charge is -2.08. The summed E-state index contributed by atoms with van der Waals surface area (Å²) in [6.07, 6.45) is 4.31. The van der Waals surface area contributed by atoms with Crippen molar-refractivity contribution < 1.29 is 4.79 Å². The highest BCUT2D eigenvalue weighted by Crippen LogP contribution is 2.20. The molecule has 100 valence electrons. The SMILES string of the molecule is Cc1cccc(C(=O)NCCCCCCCl)c1Br. The van der Waals surface area contributed by atoms with Crippen molar-refractivity contribution in [1.29, 1.82) is 0 Å². The van der Waals surface area contributed by atoms with Gasteiger partial charge in [0.25, 0.3) is 5.91 Å². The van der Waals surface area contributed by atoms with Crippen LogP contribution in [0.4, 0.5) is 0 Å². The minimum atomic E-state index is -0.0112. The van der Waals surface area contributed by atoms with Crippen LogP contribution in [-0.2, 0) is 0 Å². The molecule has 0 bridgehead atoms. The Morgan fingerprint density at radius 2 is 2.00 bits per heavy atom. The third-order valence-corrected chi connectivity index (χ3v) is 4.10. The Kier molecular flexibility index (Phi) is 7.36. The van der Waals surface area contributed by atoms with Crippen molar-refractivity contribution in [3.8, 4) is 0 Å². The quantitative estimate of drug-likeness (QED) is 0.586. The summed E-state index contributed by atoms with van der Waals surface area (Å²) in [4.78, 5) is 11.9. The first kappa shape index (κ1) is 15.5. The van der Waals surface area contributed by atoms with E-state index in [0.29, 0.717) is 5.56 Å².